The van der Waals surface area contributed by atoms with Crippen LogP contribution >= 0.6 is 0 Å². The molecule has 0 aliphatic rings. The van der Waals surface area contributed by atoms with Crippen molar-refractivity contribution in [1.29, 1.82) is 0 Å². The van der Waals surface area contributed by atoms with Gasteiger partial charge in [0, 0.05) is 18.3 Å². The van der Waals surface area contributed by atoms with Crippen LogP contribution in [0, 0.1) is 6.92 Å². The van der Waals surface area contributed by atoms with E-state index in [0.29, 0.717) is 5.69 Å². The fourth-order valence-corrected chi connectivity index (χ4v) is 3.63. The molecular formula is C23H22N2O3S. The third kappa shape index (κ3) is 6.14. The number of aryl methyl sites for hydroxylation is 1. The highest BCUT2D eigenvalue weighted by atomic mass is 32.2. The third-order valence-electron chi connectivity index (χ3n) is 4.25. The zero-order valence-corrected chi connectivity index (χ0v) is 16.8. The van der Waals surface area contributed by atoms with Crippen LogP contribution in [0.2, 0.25) is 0 Å². The Morgan fingerprint density at radius 2 is 1.55 bits per heavy atom. The Balaban J connectivity index is 1.58. The van der Waals surface area contributed by atoms with E-state index in [1.54, 1.807) is 18.2 Å². The third-order valence-corrected chi connectivity index (χ3v) is 5.66. The maximum Gasteiger partial charge on any atom is 0.248 e. The first-order valence-electron chi connectivity index (χ1n) is 9.12. The van der Waals surface area contributed by atoms with Gasteiger partial charge in [0.1, 0.15) is 0 Å². The molecule has 0 radical (unpaired) electrons. The number of rotatable bonds is 7. The lowest BCUT2D eigenvalue weighted by molar-refractivity contribution is -0.111. The molecule has 0 aliphatic heterocycles. The van der Waals surface area contributed by atoms with E-state index in [2.05, 4.69) is 10.0 Å². The summed E-state index contributed by atoms with van der Waals surface area (Å²) in [4.78, 5) is 12.2. The predicted octanol–water partition coefficient (Wildman–Crippen LogP) is 4.13. The van der Waals surface area contributed by atoms with Gasteiger partial charge < -0.3 is 5.32 Å². The van der Waals surface area contributed by atoms with E-state index in [1.165, 1.54) is 18.2 Å². The van der Waals surface area contributed by atoms with Crippen molar-refractivity contribution in [3.8, 4) is 0 Å². The quantitative estimate of drug-likeness (QED) is 0.580. The summed E-state index contributed by atoms with van der Waals surface area (Å²) < 4.78 is 27.4. The number of nitrogens with one attached hydrogen (secondary N) is 2. The van der Waals surface area contributed by atoms with Crippen LogP contribution in [0.1, 0.15) is 16.7 Å². The van der Waals surface area contributed by atoms with Crippen LogP contribution in [0.25, 0.3) is 6.08 Å². The van der Waals surface area contributed by atoms with Gasteiger partial charge in [0.25, 0.3) is 0 Å². The second-order valence-corrected chi connectivity index (χ2v) is 8.33. The normalized spacial score (nSPS) is 11.5. The number of hydrogen-bond donors (Lipinski definition) is 2. The molecule has 0 spiro atoms. The lowest BCUT2D eigenvalue weighted by Gasteiger charge is -2.08. The number of benzene rings is 3. The molecular weight excluding hydrogens is 384 g/mol. The molecule has 0 bridgehead atoms. The minimum atomic E-state index is -3.63. The summed E-state index contributed by atoms with van der Waals surface area (Å²) in [6.07, 6.45) is 3.16. The summed E-state index contributed by atoms with van der Waals surface area (Å²) in [6, 6.07) is 23.2. The molecule has 6 heteroatoms. The Bertz CT molecular complexity index is 1090. The average molecular weight is 407 g/mol. The van der Waals surface area contributed by atoms with Gasteiger partial charge in [-0.15, -0.1) is 0 Å². The van der Waals surface area contributed by atoms with Crippen molar-refractivity contribution < 1.29 is 13.2 Å². The summed E-state index contributed by atoms with van der Waals surface area (Å²) >= 11 is 0. The smallest absolute Gasteiger partial charge is 0.248 e. The van der Waals surface area contributed by atoms with Crippen molar-refractivity contribution >= 4 is 27.7 Å². The van der Waals surface area contributed by atoms with Crippen molar-refractivity contribution in [3.63, 3.8) is 0 Å². The van der Waals surface area contributed by atoms with Crippen LogP contribution in [0.3, 0.4) is 0 Å². The lowest BCUT2D eigenvalue weighted by Crippen LogP contribution is -2.23. The number of carbonyl (C=O) groups excluding carboxylic acids is 1. The van der Waals surface area contributed by atoms with Gasteiger partial charge in [-0.05, 0) is 48.4 Å². The Morgan fingerprint density at radius 3 is 2.21 bits per heavy atom. The van der Waals surface area contributed by atoms with Crippen molar-refractivity contribution in [2.24, 2.45) is 0 Å². The minimum absolute atomic E-state index is 0.140. The van der Waals surface area contributed by atoms with Crippen molar-refractivity contribution in [1.82, 2.24) is 4.72 Å². The van der Waals surface area contributed by atoms with Crippen LogP contribution in [0.4, 0.5) is 5.69 Å². The maximum absolute atomic E-state index is 12.4. The van der Waals surface area contributed by atoms with E-state index in [9.17, 15) is 13.2 Å². The number of carbonyl (C=O) groups is 1. The highest BCUT2D eigenvalue weighted by molar-refractivity contribution is 7.89. The van der Waals surface area contributed by atoms with Crippen LogP contribution in [0.15, 0.2) is 89.8 Å². The first kappa shape index (κ1) is 20.5. The number of anilines is 1. The molecule has 3 aromatic rings. The second-order valence-electron chi connectivity index (χ2n) is 6.57. The summed E-state index contributed by atoms with van der Waals surface area (Å²) in [5, 5.41) is 2.72. The molecule has 0 fully saturated rings. The Morgan fingerprint density at radius 1 is 0.897 bits per heavy atom. The van der Waals surface area contributed by atoms with Gasteiger partial charge in [-0.2, -0.15) is 0 Å². The van der Waals surface area contributed by atoms with E-state index < -0.39 is 10.0 Å². The molecule has 0 aromatic heterocycles. The minimum Gasteiger partial charge on any atom is -0.323 e. The first-order valence-corrected chi connectivity index (χ1v) is 10.6. The van der Waals surface area contributed by atoms with Gasteiger partial charge in [0.05, 0.1) is 4.90 Å². The van der Waals surface area contributed by atoms with E-state index in [0.717, 1.165) is 16.7 Å². The molecule has 29 heavy (non-hydrogen) atoms. The molecule has 0 unspecified atom stereocenters. The van der Waals surface area contributed by atoms with E-state index in [-0.39, 0.29) is 17.3 Å². The van der Waals surface area contributed by atoms with Gasteiger partial charge in [0.15, 0.2) is 0 Å². The van der Waals surface area contributed by atoms with Gasteiger partial charge in [-0.3, -0.25) is 4.79 Å². The zero-order valence-electron chi connectivity index (χ0n) is 16.0. The Hall–Kier alpha value is -3.22. The molecule has 2 N–H and O–H groups in total. The molecule has 3 aromatic carbocycles. The second kappa shape index (κ2) is 9.32. The fourth-order valence-electron chi connectivity index (χ4n) is 2.61. The number of sulfonamides is 1. The largest absolute Gasteiger partial charge is 0.323 e. The number of hydrogen-bond acceptors (Lipinski definition) is 3. The molecule has 148 valence electrons. The van der Waals surface area contributed by atoms with E-state index in [1.807, 2.05) is 61.5 Å². The number of amides is 1. The zero-order chi connectivity index (χ0) is 20.7. The first-order chi connectivity index (χ1) is 13.9. The summed E-state index contributed by atoms with van der Waals surface area (Å²) in [6.45, 7) is 2.22. The summed E-state index contributed by atoms with van der Waals surface area (Å²) in [7, 11) is -3.63. The summed E-state index contributed by atoms with van der Waals surface area (Å²) in [5.74, 6) is -0.289. The Kier molecular flexibility index (Phi) is 6.59. The predicted molar refractivity (Wildman–Crippen MR) is 116 cm³/mol. The van der Waals surface area contributed by atoms with Crippen molar-refractivity contribution in [2.75, 3.05) is 5.32 Å². The van der Waals surface area contributed by atoms with E-state index >= 15 is 0 Å². The average Bonchev–Trinajstić information content (AvgIpc) is 2.73. The summed E-state index contributed by atoms with van der Waals surface area (Å²) in [5.41, 5.74) is 3.47. The van der Waals surface area contributed by atoms with Gasteiger partial charge in [-0.1, -0.05) is 60.2 Å². The lowest BCUT2D eigenvalue weighted by atomic mass is 10.1. The van der Waals surface area contributed by atoms with Gasteiger partial charge in [-0.25, -0.2) is 13.1 Å². The molecule has 5 nitrogen and oxygen atoms in total. The molecule has 0 saturated heterocycles. The SMILES string of the molecule is Cc1ccc(C=CC(=O)Nc2ccc(S(=O)(=O)NCc3ccccc3)cc2)cc1. The highest BCUT2D eigenvalue weighted by Crippen LogP contribution is 2.15. The monoisotopic (exact) mass is 406 g/mol. The van der Waals surface area contributed by atoms with Crippen LogP contribution in [-0.4, -0.2) is 14.3 Å². The van der Waals surface area contributed by atoms with Gasteiger partial charge in [0.2, 0.25) is 15.9 Å². The topological polar surface area (TPSA) is 75.3 Å². The van der Waals surface area contributed by atoms with Crippen LogP contribution in [-0.2, 0) is 21.4 Å². The fraction of sp³-hybridized carbons (Fsp3) is 0.0870. The highest BCUT2D eigenvalue weighted by Gasteiger charge is 2.13. The molecule has 0 atom stereocenters. The van der Waals surface area contributed by atoms with Gasteiger partial charge >= 0.3 is 0 Å². The maximum atomic E-state index is 12.4. The standard InChI is InChI=1S/C23H22N2O3S/c1-18-7-9-19(10-8-18)11-16-23(26)25-21-12-14-22(15-13-21)29(27,28)24-17-20-5-3-2-4-6-20/h2-16,24H,17H2,1H3,(H,25,26). The van der Waals surface area contributed by atoms with Crippen LogP contribution in [0.5, 0.6) is 0 Å². The van der Waals surface area contributed by atoms with Crippen LogP contribution < -0.4 is 10.0 Å². The molecule has 1 amide bonds. The molecule has 0 aliphatic carbocycles. The van der Waals surface area contributed by atoms with E-state index in [4.69, 9.17) is 0 Å². The van der Waals surface area contributed by atoms with Crippen molar-refractivity contribution in [3.05, 3.63) is 102 Å². The van der Waals surface area contributed by atoms with Crippen molar-refractivity contribution in [2.45, 2.75) is 18.4 Å². The molecule has 0 heterocycles. The molecule has 3 rings (SSSR count). The Labute approximate surface area is 171 Å². The molecule has 0 saturated carbocycles.